The zero-order chi connectivity index (χ0) is 7.56. The molecule has 0 aliphatic carbocycles. The van der Waals surface area contributed by atoms with Crippen LogP contribution < -0.4 is 11.3 Å². The molecule has 3 N–H and O–H groups in total. The third-order valence-electron chi connectivity index (χ3n) is 1.18. The van der Waals surface area contributed by atoms with Crippen molar-refractivity contribution in [3.05, 3.63) is 22.3 Å². The fourth-order valence-electron chi connectivity index (χ4n) is 0.584. The average molecular weight is 202 g/mol. The van der Waals surface area contributed by atoms with Gasteiger partial charge in [0.1, 0.15) is 10.4 Å². The van der Waals surface area contributed by atoms with Crippen LogP contribution in [0.5, 0.6) is 0 Å². The van der Waals surface area contributed by atoms with Gasteiger partial charge < -0.3 is 5.43 Å². The fourth-order valence-corrected chi connectivity index (χ4v) is 0.907. The molecule has 1 heterocycles. The summed E-state index contributed by atoms with van der Waals surface area (Å²) in [5.41, 5.74) is 3.55. The molecule has 3 nitrogen and oxygen atoms in total. The van der Waals surface area contributed by atoms with Crippen molar-refractivity contribution < 1.29 is 0 Å². The summed E-state index contributed by atoms with van der Waals surface area (Å²) in [6, 6.07) is 3.76. The molecular weight excluding hydrogens is 194 g/mol. The second kappa shape index (κ2) is 2.98. The van der Waals surface area contributed by atoms with Crippen LogP contribution in [0.1, 0.15) is 5.56 Å². The first-order chi connectivity index (χ1) is 4.74. The fraction of sp³-hybridized carbons (Fsp3) is 0.167. The maximum Gasteiger partial charge on any atom is 0.141 e. The first kappa shape index (κ1) is 7.50. The zero-order valence-corrected chi connectivity index (χ0v) is 7.14. The number of pyridine rings is 1. The van der Waals surface area contributed by atoms with Crippen LogP contribution in [0.4, 0.5) is 5.82 Å². The van der Waals surface area contributed by atoms with Crippen LogP contribution in [0, 0.1) is 6.92 Å². The summed E-state index contributed by atoms with van der Waals surface area (Å²) in [7, 11) is 0. The number of hydrogen-bond acceptors (Lipinski definition) is 3. The van der Waals surface area contributed by atoms with Gasteiger partial charge in [-0.3, -0.25) is 0 Å². The number of hydrazine groups is 1. The Balaban J connectivity index is 3.04. The second-order valence-electron chi connectivity index (χ2n) is 1.95. The van der Waals surface area contributed by atoms with Gasteiger partial charge in [-0.1, -0.05) is 6.07 Å². The average Bonchev–Trinajstić information content (AvgIpc) is 1.95. The molecule has 0 aliphatic heterocycles. The molecule has 0 saturated heterocycles. The van der Waals surface area contributed by atoms with Gasteiger partial charge in [0.05, 0.1) is 0 Å². The highest BCUT2D eigenvalue weighted by atomic mass is 79.9. The van der Waals surface area contributed by atoms with Gasteiger partial charge in [0.25, 0.3) is 0 Å². The number of nitrogens with one attached hydrogen (secondary N) is 1. The van der Waals surface area contributed by atoms with Gasteiger partial charge in [-0.05, 0) is 34.5 Å². The van der Waals surface area contributed by atoms with Crippen LogP contribution in [0.15, 0.2) is 16.7 Å². The van der Waals surface area contributed by atoms with Crippen LogP contribution >= 0.6 is 15.9 Å². The molecule has 0 amide bonds. The second-order valence-corrected chi connectivity index (χ2v) is 2.70. The number of aryl methyl sites for hydroxylation is 1. The van der Waals surface area contributed by atoms with Crippen LogP contribution in [0.3, 0.4) is 0 Å². The topological polar surface area (TPSA) is 50.9 Å². The molecule has 54 valence electrons. The minimum absolute atomic E-state index is 0.664. The quantitative estimate of drug-likeness (QED) is 0.411. The van der Waals surface area contributed by atoms with Crippen LogP contribution in [0.2, 0.25) is 0 Å². The molecule has 10 heavy (non-hydrogen) atoms. The Morgan fingerprint density at radius 2 is 2.30 bits per heavy atom. The number of aromatic nitrogens is 1. The Kier molecular flexibility index (Phi) is 2.24. The molecule has 0 aliphatic rings. The van der Waals surface area contributed by atoms with E-state index in [-0.39, 0.29) is 0 Å². The number of rotatable bonds is 1. The van der Waals surface area contributed by atoms with E-state index < -0.39 is 0 Å². The predicted octanol–water partition coefficient (Wildman–Crippen LogP) is 1.44. The SMILES string of the molecule is Cc1ccc(NN)nc1Br. The molecule has 0 radical (unpaired) electrons. The number of halogens is 1. The minimum atomic E-state index is 0.664. The van der Waals surface area contributed by atoms with Gasteiger partial charge in [0, 0.05) is 0 Å². The van der Waals surface area contributed by atoms with Gasteiger partial charge in [0.15, 0.2) is 0 Å². The highest BCUT2D eigenvalue weighted by molar-refractivity contribution is 9.10. The van der Waals surface area contributed by atoms with Gasteiger partial charge in [-0.15, -0.1) is 0 Å². The van der Waals surface area contributed by atoms with E-state index in [1.807, 2.05) is 19.1 Å². The van der Waals surface area contributed by atoms with Gasteiger partial charge >= 0.3 is 0 Å². The number of hydrogen-bond donors (Lipinski definition) is 2. The van der Waals surface area contributed by atoms with Gasteiger partial charge in [0.2, 0.25) is 0 Å². The number of nitrogen functional groups attached to an aromatic ring is 1. The summed E-state index contributed by atoms with van der Waals surface area (Å²) in [6.45, 7) is 1.97. The Bertz CT molecular complexity index is 236. The van der Waals surface area contributed by atoms with Gasteiger partial charge in [-0.25, -0.2) is 10.8 Å². The van der Waals surface area contributed by atoms with Gasteiger partial charge in [-0.2, -0.15) is 0 Å². The van der Waals surface area contributed by atoms with Crippen molar-refractivity contribution in [3.8, 4) is 0 Å². The smallest absolute Gasteiger partial charge is 0.141 e. The number of nitrogens with two attached hydrogens (primary N) is 1. The van der Waals surface area contributed by atoms with E-state index in [0.717, 1.165) is 10.2 Å². The van der Waals surface area contributed by atoms with E-state index in [9.17, 15) is 0 Å². The van der Waals surface area contributed by atoms with Crippen LogP contribution in [-0.4, -0.2) is 4.98 Å². The normalized spacial score (nSPS) is 9.50. The van der Waals surface area contributed by atoms with E-state index in [4.69, 9.17) is 5.84 Å². The zero-order valence-electron chi connectivity index (χ0n) is 5.56. The largest absolute Gasteiger partial charge is 0.308 e. The van der Waals surface area contributed by atoms with Crippen molar-refractivity contribution in [3.63, 3.8) is 0 Å². The Labute approximate surface area is 67.7 Å². The molecule has 4 heteroatoms. The van der Waals surface area contributed by atoms with E-state index in [0.29, 0.717) is 5.82 Å². The Hall–Kier alpha value is -0.610. The summed E-state index contributed by atoms with van der Waals surface area (Å²) in [6.07, 6.45) is 0. The number of anilines is 1. The lowest BCUT2D eigenvalue weighted by Crippen LogP contribution is -2.08. The minimum Gasteiger partial charge on any atom is -0.308 e. The van der Waals surface area contributed by atoms with Crippen molar-refractivity contribution >= 4 is 21.7 Å². The predicted molar refractivity (Wildman–Crippen MR) is 44.5 cm³/mol. The highest BCUT2D eigenvalue weighted by Crippen LogP contribution is 2.14. The summed E-state index contributed by atoms with van der Waals surface area (Å²) in [5.74, 6) is 5.80. The van der Waals surface area contributed by atoms with Crippen molar-refractivity contribution in [2.45, 2.75) is 6.92 Å². The summed E-state index contributed by atoms with van der Waals surface area (Å²) >= 11 is 3.28. The molecule has 0 saturated carbocycles. The highest BCUT2D eigenvalue weighted by Gasteiger charge is 1.95. The molecule has 0 bridgehead atoms. The van der Waals surface area contributed by atoms with Crippen molar-refractivity contribution in [1.82, 2.24) is 4.98 Å². The van der Waals surface area contributed by atoms with E-state index in [1.165, 1.54) is 0 Å². The Morgan fingerprint density at radius 1 is 1.60 bits per heavy atom. The standard InChI is InChI=1S/C6H8BrN3/c1-4-2-3-5(10-8)9-6(4)7/h2-3H,8H2,1H3,(H,9,10). The van der Waals surface area contributed by atoms with Crippen LogP contribution in [0.25, 0.3) is 0 Å². The van der Waals surface area contributed by atoms with Crippen molar-refractivity contribution in [1.29, 1.82) is 0 Å². The van der Waals surface area contributed by atoms with Crippen molar-refractivity contribution in [2.75, 3.05) is 5.43 Å². The molecular formula is C6H8BrN3. The first-order valence-corrected chi connectivity index (χ1v) is 3.63. The van der Waals surface area contributed by atoms with E-state index in [2.05, 4.69) is 26.3 Å². The molecule has 1 aromatic heterocycles. The summed E-state index contributed by atoms with van der Waals surface area (Å²) < 4.78 is 0.822. The summed E-state index contributed by atoms with van der Waals surface area (Å²) in [5, 5.41) is 0. The van der Waals surface area contributed by atoms with E-state index in [1.54, 1.807) is 0 Å². The summed E-state index contributed by atoms with van der Waals surface area (Å²) in [4.78, 5) is 4.07. The molecule has 0 spiro atoms. The lowest BCUT2D eigenvalue weighted by Gasteiger charge is -2.00. The number of nitrogens with zero attached hydrogens (tertiary/aromatic N) is 1. The lowest BCUT2D eigenvalue weighted by molar-refractivity contribution is 1.17. The van der Waals surface area contributed by atoms with Crippen LogP contribution in [-0.2, 0) is 0 Å². The molecule has 1 aromatic rings. The maximum absolute atomic E-state index is 5.14. The molecule has 0 fully saturated rings. The Morgan fingerprint density at radius 3 is 2.80 bits per heavy atom. The van der Waals surface area contributed by atoms with Crippen molar-refractivity contribution in [2.24, 2.45) is 5.84 Å². The molecule has 0 aromatic carbocycles. The monoisotopic (exact) mass is 201 g/mol. The lowest BCUT2D eigenvalue weighted by atomic mass is 10.3. The van der Waals surface area contributed by atoms with E-state index >= 15 is 0 Å². The first-order valence-electron chi connectivity index (χ1n) is 2.84. The molecule has 0 atom stereocenters. The maximum atomic E-state index is 5.14. The molecule has 0 unspecified atom stereocenters. The molecule has 1 rings (SSSR count). The third-order valence-corrected chi connectivity index (χ3v) is 1.99. The third kappa shape index (κ3) is 1.46.